The van der Waals surface area contributed by atoms with Crippen molar-refractivity contribution in [3.63, 3.8) is 0 Å². The normalized spacial score (nSPS) is 18.4. The molecule has 0 spiro atoms. The molecule has 0 bridgehead atoms. The monoisotopic (exact) mass is 248 g/mol. The highest BCUT2D eigenvalue weighted by molar-refractivity contribution is 5.74. The molecule has 0 aromatic heterocycles. The van der Waals surface area contributed by atoms with Crippen LogP contribution in [0.4, 0.5) is 11.4 Å². The Bertz CT molecular complexity index is 427. The number of hydrogen-bond donors (Lipinski definition) is 1. The Hall–Kier alpha value is -1.38. The zero-order valence-corrected chi connectivity index (χ0v) is 11.9. The van der Waals surface area contributed by atoms with Crippen LogP contribution in [0.1, 0.15) is 34.1 Å². The fourth-order valence-electron chi connectivity index (χ4n) is 2.48. The van der Waals surface area contributed by atoms with Crippen LogP contribution in [0.3, 0.4) is 0 Å². The van der Waals surface area contributed by atoms with E-state index in [1.54, 1.807) is 0 Å². The van der Waals surface area contributed by atoms with Crippen LogP contribution in [0.15, 0.2) is 18.2 Å². The zero-order chi connectivity index (χ0) is 13.3. The number of rotatable bonds is 3. The van der Waals surface area contributed by atoms with E-state index in [0.717, 1.165) is 30.2 Å². The molecule has 0 amide bonds. The van der Waals surface area contributed by atoms with Gasteiger partial charge in [0.05, 0.1) is 17.5 Å². The summed E-state index contributed by atoms with van der Waals surface area (Å²) >= 11 is 0. The maximum Gasteiger partial charge on any atom is 0.144 e. The molecule has 0 unspecified atom stereocenters. The van der Waals surface area contributed by atoms with Gasteiger partial charge in [0.15, 0.2) is 0 Å². The summed E-state index contributed by atoms with van der Waals surface area (Å²) in [5.74, 6) is 0.798. The van der Waals surface area contributed by atoms with Gasteiger partial charge in [-0.3, -0.25) is 0 Å². The van der Waals surface area contributed by atoms with E-state index < -0.39 is 0 Å². The molecule has 2 N–H and O–H groups in total. The fraction of sp³-hybridized carbons (Fsp3) is 0.600. The number of nitrogens with zero attached hydrogens (tertiary/aromatic N) is 1. The van der Waals surface area contributed by atoms with E-state index in [2.05, 4.69) is 24.8 Å². The van der Waals surface area contributed by atoms with Gasteiger partial charge in [-0.25, -0.2) is 0 Å². The lowest BCUT2D eigenvalue weighted by atomic mass is 9.93. The van der Waals surface area contributed by atoms with E-state index in [9.17, 15) is 0 Å². The largest absolute Gasteiger partial charge is 0.489 e. The second-order valence-corrected chi connectivity index (χ2v) is 6.19. The van der Waals surface area contributed by atoms with Crippen molar-refractivity contribution in [2.24, 2.45) is 5.41 Å². The quantitative estimate of drug-likeness (QED) is 0.834. The summed E-state index contributed by atoms with van der Waals surface area (Å²) in [5, 5.41) is 0. The smallest absolute Gasteiger partial charge is 0.144 e. The Morgan fingerprint density at radius 1 is 1.33 bits per heavy atom. The van der Waals surface area contributed by atoms with Gasteiger partial charge in [0.2, 0.25) is 0 Å². The Morgan fingerprint density at radius 3 is 2.61 bits per heavy atom. The van der Waals surface area contributed by atoms with Crippen molar-refractivity contribution in [2.75, 3.05) is 23.7 Å². The second kappa shape index (κ2) is 4.71. The van der Waals surface area contributed by atoms with Crippen LogP contribution < -0.4 is 15.4 Å². The molecule has 1 aliphatic rings. The van der Waals surface area contributed by atoms with E-state index in [1.807, 2.05) is 26.0 Å². The minimum absolute atomic E-state index is 0.151. The van der Waals surface area contributed by atoms with Crippen LogP contribution in [-0.2, 0) is 0 Å². The average molecular weight is 248 g/mol. The second-order valence-electron chi connectivity index (χ2n) is 6.19. The average Bonchev–Trinajstić information content (AvgIpc) is 2.61. The fourth-order valence-corrected chi connectivity index (χ4v) is 2.48. The molecule has 18 heavy (non-hydrogen) atoms. The summed E-state index contributed by atoms with van der Waals surface area (Å²) in [6, 6.07) is 6.05. The lowest BCUT2D eigenvalue weighted by Crippen LogP contribution is -2.23. The van der Waals surface area contributed by atoms with Crippen LogP contribution in [-0.4, -0.2) is 19.2 Å². The van der Waals surface area contributed by atoms with Gasteiger partial charge in [0.1, 0.15) is 5.75 Å². The molecule has 100 valence electrons. The number of nitrogens with two attached hydrogens (primary N) is 1. The van der Waals surface area contributed by atoms with E-state index in [1.165, 1.54) is 6.42 Å². The third-order valence-corrected chi connectivity index (χ3v) is 3.42. The minimum Gasteiger partial charge on any atom is -0.489 e. The molecular weight excluding hydrogens is 224 g/mol. The molecular formula is C15H24N2O. The van der Waals surface area contributed by atoms with Crippen molar-refractivity contribution in [1.29, 1.82) is 0 Å². The number of benzene rings is 1. The van der Waals surface area contributed by atoms with E-state index in [0.29, 0.717) is 5.41 Å². The lowest BCUT2D eigenvalue weighted by Gasteiger charge is -2.24. The molecule has 1 saturated heterocycles. The van der Waals surface area contributed by atoms with Gasteiger partial charge in [-0.1, -0.05) is 19.9 Å². The number of ether oxygens (including phenoxy) is 1. The Kier molecular flexibility index (Phi) is 3.42. The van der Waals surface area contributed by atoms with Gasteiger partial charge in [-0.05, 0) is 37.8 Å². The van der Waals surface area contributed by atoms with Gasteiger partial charge in [0, 0.05) is 13.1 Å². The number of para-hydroxylation sites is 1. The summed E-state index contributed by atoms with van der Waals surface area (Å²) in [6.07, 6.45) is 1.36. The third kappa shape index (κ3) is 2.71. The van der Waals surface area contributed by atoms with Gasteiger partial charge >= 0.3 is 0 Å². The summed E-state index contributed by atoms with van der Waals surface area (Å²) < 4.78 is 5.75. The molecule has 3 heteroatoms. The summed E-state index contributed by atoms with van der Waals surface area (Å²) in [4.78, 5) is 2.36. The van der Waals surface area contributed by atoms with E-state index in [4.69, 9.17) is 10.5 Å². The molecule has 1 aliphatic heterocycles. The predicted octanol–water partition coefficient (Wildman–Crippen LogP) is 3.29. The zero-order valence-electron chi connectivity index (χ0n) is 11.9. The van der Waals surface area contributed by atoms with Crippen molar-refractivity contribution in [2.45, 2.75) is 40.2 Å². The molecule has 1 heterocycles. The third-order valence-electron chi connectivity index (χ3n) is 3.42. The summed E-state index contributed by atoms with van der Waals surface area (Å²) in [6.45, 7) is 10.8. The lowest BCUT2D eigenvalue weighted by molar-refractivity contribution is 0.244. The summed E-state index contributed by atoms with van der Waals surface area (Å²) in [5.41, 5.74) is 8.49. The molecule has 1 aromatic rings. The number of hydrogen-bond acceptors (Lipinski definition) is 3. The molecule has 3 nitrogen and oxygen atoms in total. The highest BCUT2D eigenvalue weighted by atomic mass is 16.5. The molecule has 0 radical (unpaired) electrons. The number of nitrogen functional groups attached to an aromatic ring is 1. The van der Waals surface area contributed by atoms with Crippen LogP contribution in [0.25, 0.3) is 0 Å². The molecule has 1 fully saturated rings. The Morgan fingerprint density at radius 2 is 2.06 bits per heavy atom. The predicted molar refractivity (Wildman–Crippen MR) is 77.2 cm³/mol. The van der Waals surface area contributed by atoms with Gasteiger partial charge in [0.25, 0.3) is 0 Å². The summed E-state index contributed by atoms with van der Waals surface area (Å²) in [7, 11) is 0. The van der Waals surface area contributed by atoms with E-state index >= 15 is 0 Å². The highest BCUT2D eigenvalue weighted by Crippen LogP contribution is 2.38. The van der Waals surface area contributed by atoms with Crippen molar-refractivity contribution in [3.05, 3.63) is 18.2 Å². The minimum atomic E-state index is 0.151. The van der Waals surface area contributed by atoms with E-state index in [-0.39, 0.29) is 6.10 Å². The topological polar surface area (TPSA) is 38.5 Å². The van der Waals surface area contributed by atoms with Crippen LogP contribution in [0.2, 0.25) is 0 Å². The maximum atomic E-state index is 6.23. The first-order chi connectivity index (χ1) is 8.39. The maximum absolute atomic E-state index is 6.23. The Labute approximate surface area is 110 Å². The molecule has 0 aliphatic carbocycles. The van der Waals surface area contributed by atoms with Gasteiger partial charge in [-0.2, -0.15) is 0 Å². The van der Waals surface area contributed by atoms with Crippen LogP contribution in [0, 0.1) is 5.41 Å². The molecule has 0 atom stereocenters. The van der Waals surface area contributed by atoms with Crippen molar-refractivity contribution in [1.82, 2.24) is 0 Å². The van der Waals surface area contributed by atoms with Gasteiger partial charge < -0.3 is 15.4 Å². The van der Waals surface area contributed by atoms with Crippen molar-refractivity contribution in [3.8, 4) is 5.75 Å². The van der Waals surface area contributed by atoms with Gasteiger partial charge in [-0.15, -0.1) is 0 Å². The van der Waals surface area contributed by atoms with Crippen LogP contribution >= 0.6 is 0 Å². The number of anilines is 2. The van der Waals surface area contributed by atoms with Crippen molar-refractivity contribution < 1.29 is 4.74 Å². The highest BCUT2D eigenvalue weighted by Gasteiger charge is 2.30. The standard InChI is InChI=1S/C15H24N2O/c1-11(2)18-13-7-5-6-12(14(13)16)17-9-8-15(3,4)10-17/h5-7,11H,8-10,16H2,1-4H3. The van der Waals surface area contributed by atoms with Crippen LogP contribution in [0.5, 0.6) is 5.75 Å². The molecule has 1 aromatic carbocycles. The SMILES string of the molecule is CC(C)Oc1cccc(N2CCC(C)(C)C2)c1N. The first kappa shape index (κ1) is 13.1. The first-order valence-electron chi connectivity index (χ1n) is 6.69. The van der Waals surface area contributed by atoms with Crippen molar-refractivity contribution >= 4 is 11.4 Å². The first-order valence-corrected chi connectivity index (χ1v) is 6.69. The molecule has 0 saturated carbocycles. The Balaban J connectivity index is 2.24. The molecule has 2 rings (SSSR count).